The summed E-state index contributed by atoms with van der Waals surface area (Å²) < 4.78 is 5.70. The van der Waals surface area contributed by atoms with Gasteiger partial charge in [0.15, 0.2) is 0 Å². The van der Waals surface area contributed by atoms with E-state index in [1.807, 2.05) is 29.2 Å². The first-order valence-electron chi connectivity index (χ1n) is 12.9. The topological polar surface area (TPSA) is 70.7 Å². The van der Waals surface area contributed by atoms with Gasteiger partial charge in [0.2, 0.25) is 11.8 Å². The third kappa shape index (κ3) is 6.77. The average molecular weight is 500 g/mol. The molecule has 2 amide bonds. The molecule has 2 N–H and O–H groups in total. The maximum atomic E-state index is 12.7. The van der Waals surface area contributed by atoms with Crippen LogP contribution in [0.4, 0.5) is 0 Å². The van der Waals surface area contributed by atoms with E-state index in [4.69, 9.17) is 4.74 Å². The highest BCUT2D eigenvalue weighted by Gasteiger charge is 2.32. The number of rotatable bonds is 8. The van der Waals surface area contributed by atoms with Crippen molar-refractivity contribution in [1.82, 2.24) is 15.5 Å². The van der Waals surface area contributed by atoms with E-state index in [1.165, 1.54) is 34.7 Å². The lowest BCUT2D eigenvalue weighted by atomic mass is 9.85. The van der Waals surface area contributed by atoms with Crippen LogP contribution in [0.25, 0.3) is 11.1 Å². The number of methoxy groups -OCH3 is 1. The zero-order valence-electron chi connectivity index (χ0n) is 22.2. The van der Waals surface area contributed by atoms with E-state index in [0.29, 0.717) is 19.6 Å². The lowest BCUT2D eigenvalue weighted by Gasteiger charge is -2.39. The smallest absolute Gasteiger partial charge is 0.241 e. The molecule has 194 valence electrons. The van der Waals surface area contributed by atoms with Crippen LogP contribution in [0.5, 0.6) is 5.75 Å². The highest BCUT2D eigenvalue weighted by Crippen LogP contribution is 2.31. The van der Waals surface area contributed by atoms with Crippen molar-refractivity contribution in [3.8, 4) is 16.9 Å². The molecule has 0 radical (unpaired) electrons. The SMILES string of the molecule is COc1ccc(-c2cc(C)cc(C)c2)cc1CN[C@H]1CCN(C(=O)CNC(C)=O)C[C@H]1c1ccccc1. The Labute approximate surface area is 220 Å². The number of hydrogen-bond acceptors (Lipinski definition) is 4. The summed E-state index contributed by atoms with van der Waals surface area (Å²) in [6.45, 7) is 7.64. The first-order valence-corrected chi connectivity index (χ1v) is 12.9. The van der Waals surface area contributed by atoms with E-state index in [0.717, 1.165) is 17.7 Å². The standard InChI is InChI=1S/C31H37N3O3/c1-21-14-22(2)16-26(15-21)25-10-11-30(37-4)27(17-25)18-33-29-12-13-34(31(36)19-32-23(3)35)20-28(29)24-8-6-5-7-9-24/h5-11,14-17,28-29,33H,12-13,18-20H2,1-4H3,(H,32,35)/t28-,29-/m0/s1. The van der Waals surface area contributed by atoms with E-state index >= 15 is 0 Å². The molecule has 1 heterocycles. The van der Waals surface area contributed by atoms with Crippen molar-refractivity contribution in [3.05, 3.63) is 89.0 Å². The van der Waals surface area contributed by atoms with Gasteiger partial charge in [-0.05, 0) is 49.1 Å². The van der Waals surface area contributed by atoms with Crippen molar-refractivity contribution in [3.63, 3.8) is 0 Å². The van der Waals surface area contributed by atoms with Crippen LogP contribution >= 0.6 is 0 Å². The normalized spacial score (nSPS) is 17.4. The van der Waals surface area contributed by atoms with Gasteiger partial charge in [-0.15, -0.1) is 0 Å². The number of benzene rings is 3. The van der Waals surface area contributed by atoms with Gasteiger partial charge in [-0.3, -0.25) is 9.59 Å². The van der Waals surface area contributed by atoms with Crippen LogP contribution in [0.1, 0.15) is 41.5 Å². The predicted molar refractivity (Wildman–Crippen MR) is 148 cm³/mol. The van der Waals surface area contributed by atoms with Crippen LogP contribution < -0.4 is 15.4 Å². The molecule has 3 aromatic rings. The summed E-state index contributed by atoms with van der Waals surface area (Å²) in [6, 6.07) is 23.5. The predicted octanol–water partition coefficient (Wildman–Crippen LogP) is 4.59. The molecule has 2 atom stereocenters. The van der Waals surface area contributed by atoms with Gasteiger partial charge in [-0.25, -0.2) is 0 Å². The first kappa shape index (κ1) is 26.4. The number of hydrogen-bond donors (Lipinski definition) is 2. The number of carbonyl (C=O) groups excluding carboxylic acids is 2. The fourth-order valence-corrected chi connectivity index (χ4v) is 5.25. The molecule has 3 aromatic carbocycles. The van der Waals surface area contributed by atoms with E-state index in [1.54, 1.807) is 7.11 Å². The van der Waals surface area contributed by atoms with Crippen molar-refractivity contribution in [2.45, 2.75) is 45.7 Å². The average Bonchev–Trinajstić information content (AvgIpc) is 2.90. The summed E-state index contributed by atoms with van der Waals surface area (Å²) in [5.74, 6) is 0.767. The minimum atomic E-state index is -0.193. The number of nitrogens with zero attached hydrogens (tertiary/aromatic N) is 1. The largest absolute Gasteiger partial charge is 0.496 e. The summed E-state index contributed by atoms with van der Waals surface area (Å²) in [5.41, 5.74) is 7.17. The number of ether oxygens (including phenoxy) is 1. The van der Waals surface area contributed by atoms with Gasteiger partial charge in [0.25, 0.3) is 0 Å². The summed E-state index contributed by atoms with van der Waals surface area (Å²) in [7, 11) is 1.71. The molecule has 1 aliphatic heterocycles. The molecule has 0 saturated carbocycles. The minimum Gasteiger partial charge on any atom is -0.496 e. The summed E-state index contributed by atoms with van der Waals surface area (Å²) in [4.78, 5) is 25.9. The number of likely N-dealkylation sites (tertiary alicyclic amines) is 1. The van der Waals surface area contributed by atoms with Gasteiger partial charge in [0.1, 0.15) is 5.75 Å². The molecule has 4 rings (SSSR count). The van der Waals surface area contributed by atoms with Gasteiger partial charge in [-0.2, -0.15) is 0 Å². The third-order valence-electron chi connectivity index (χ3n) is 7.07. The molecule has 6 heteroatoms. The van der Waals surface area contributed by atoms with Crippen molar-refractivity contribution < 1.29 is 14.3 Å². The van der Waals surface area contributed by atoms with Gasteiger partial charge in [0, 0.05) is 44.1 Å². The molecular weight excluding hydrogens is 462 g/mol. The van der Waals surface area contributed by atoms with Crippen LogP contribution in [0, 0.1) is 13.8 Å². The lowest BCUT2D eigenvalue weighted by Crippen LogP contribution is -2.51. The van der Waals surface area contributed by atoms with Crippen LogP contribution in [0.2, 0.25) is 0 Å². The molecule has 1 aliphatic rings. The summed E-state index contributed by atoms with van der Waals surface area (Å²) in [5, 5.41) is 6.42. The monoisotopic (exact) mass is 499 g/mol. The van der Waals surface area contributed by atoms with Crippen LogP contribution in [0.3, 0.4) is 0 Å². The zero-order valence-corrected chi connectivity index (χ0v) is 22.2. The van der Waals surface area contributed by atoms with Crippen molar-refractivity contribution in [2.24, 2.45) is 0 Å². The summed E-state index contributed by atoms with van der Waals surface area (Å²) in [6.07, 6.45) is 0.824. The second kappa shape index (κ2) is 12.1. The Bertz CT molecular complexity index is 1220. The van der Waals surface area contributed by atoms with Crippen LogP contribution in [0.15, 0.2) is 66.7 Å². The van der Waals surface area contributed by atoms with Crippen LogP contribution in [-0.2, 0) is 16.1 Å². The lowest BCUT2D eigenvalue weighted by molar-refractivity contribution is -0.133. The Hall–Kier alpha value is -3.64. The van der Waals surface area contributed by atoms with Crippen molar-refractivity contribution >= 4 is 11.8 Å². The number of piperidine rings is 1. The second-order valence-corrected chi connectivity index (χ2v) is 9.95. The van der Waals surface area contributed by atoms with E-state index in [2.05, 4.69) is 66.9 Å². The number of carbonyl (C=O) groups is 2. The van der Waals surface area contributed by atoms with Gasteiger partial charge < -0.3 is 20.3 Å². The van der Waals surface area contributed by atoms with Crippen molar-refractivity contribution in [2.75, 3.05) is 26.7 Å². The van der Waals surface area contributed by atoms with E-state index < -0.39 is 0 Å². The van der Waals surface area contributed by atoms with Crippen molar-refractivity contribution in [1.29, 1.82) is 0 Å². The Kier molecular flexibility index (Phi) is 8.62. The number of nitrogens with one attached hydrogen (secondary N) is 2. The fourth-order valence-electron chi connectivity index (χ4n) is 5.25. The molecule has 0 unspecified atom stereocenters. The Morgan fingerprint density at radius 3 is 2.38 bits per heavy atom. The zero-order chi connectivity index (χ0) is 26.4. The molecule has 6 nitrogen and oxygen atoms in total. The molecule has 0 bridgehead atoms. The summed E-state index contributed by atoms with van der Waals surface area (Å²) >= 11 is 0. The Morgan fingerprint density at radius 1 is 0.973 bits per heavy atom. The first-order chi connectivity index (χ1) is 17.8. The minimum absolute atomic E-state index is 0.0391. The Morgan fingerprint density at radius 2 is 1.70 bits per heavy atom. The van der Waals surface area contributed by atoms with Gasteiger partial charge in [0.05, 0.1) is 13.7 Å². The molecule has 37 heavy (non-hydrogen) atoms. The number of aryl methyl sites for hydroxylation is 2. The second-order valence-electron chi connectivity index (χ2n) is 9.95. The maximum absolute atomic E-state index is 12.7. The molecule has 0 aliphatic carbocycles. The molecule has 0 aromatic heterocycles. The maximum Gasteiger partial charge on any atom is 0.241 e. The third-order valence-corrected chi connectivity index (χ3v) is 7.07. The highest BCUT2D eigenvalue weighted by molar-refractivity contribution is 5.83. The van der Waals surface area contributed by atoms with Gasteiger partial charge >= 0.3 is 0 Å². The van der Waals surface area contributed by atoms with E-state index in [-0.39, 0.29) is 30.3 Å². The fraction of sp³-hybridized carbons (Fsp3) is 0.355. The molecule has 0 spiro atoms. The molecule has 1 fully saturated rings. The van der Waals surface area contributed by atoms with E-state index in [9.17, 15) is 9.59 Å². The number of amides is 2. The molecular formula is C31H37N3O3. The highest BCUT2D eigenvalue weighted by atomic mass is 16.5. The quantitative estimate of drug-likeness (QED) is 0.476. The Balaban J connectivity index is 1.53. The van der Waals surface area contributed by atoms with Gasteiger partial charge in [-0.1, -0.05) is 65.7 Å². The molecule has 1 saturated heterocycles. The van der Waals surface area contributed by atoms with Crippen LogP contribution in [-0.4, -0.2) is 49.5 Å².